The van der Waals surface area contributed by atoms with E-state index in [0.717, 1.165) is 62.5 Å². The van der Waals surface area contributed by atoms with Gasteiger partial charge in [-0.2, -0.15) is 0 Å². The van der Waals surface area contributed by atoms with Crippen LogP contribution < -0.4 is 0 Å². The van der Waals surface area contributed by atoms with Gasteiger partial charge < -0.3 is 4.57 Å². The number of hydrogen-bond acceptors (Lipinski definition) is 2. The van der Waals surface area contributed by atoms with Crippen LogP contribution in [0.1, 0.15) is 76.6 Å². The largest absolute Gasteiger partial charge is 0.309 e. The highest BCUT2D eigenvalue weighted by Gasteiger charge is 2.39. The van der Waals surface area contributed by atoms with E-state index in [9.17, 15) is 0 Å². The lowest BCUT2D eigenvalue weighted by molar-refractivity contribution is 0.332. The Bertz CT molecular complexity index is 4120. The van der Waals surface area contributed by atoms with Crippen LogP contribution in [0.25, 0.3) is 110 Å². The maximum absolute atomic E-state index is 5.75. The van der Waals surface area contributed by atoms with Crippen LogP contribution >= 0.6 is 0 Å². The van der Waals surface area contributed by atoms with Gasteiger partial charge in [0.05, 0.1) is 33.3 Å². The molecule has 0 saturated heterocycles. The summed E-state index contributed by atoms with van der Waals surface area (Å²) in [5, 5.41) is 10.8. The number of fused-ring (bicyclic) bond motifs is 16. The van der Waals surface area contributed by atoms with Gasteiger partial charge >= 0.3 is 0 Å². The number of rotatable bonds is 3. The molecule has 0 aliphatic heterocycles. The molecule has 0 fully saturated rings. The molecule has 12 aromatic rings. The molecule has 0 saturated carbocycles. The fraction of sp³-hybridized carbons (Fsp3) is 0.175. The molecule has 0 amide bonds. The van der Waals surface area contributed by atoms with Crippen LogP contribution in [0, 0.1) is 0 Å². The average Bonchev–Trinajstić information content (AvgIpc) is 3.95. The van der Waals surface area contributed by atoms with E-state index in [-0.39, 0.29) is 16.2 Å². The zero-order valence-electron chi connectivity index (χ0n) is 38.9. The summed E-state index contributed by atoms with van der Waals surface area (Å²) < 4.78 is 4.88. The second-order valence-electron chi connectivity index (χ2n) is 21.2. The van der Waals surface area contributed by atoms with Crippen LogP contribution in [0.4, 0.5) is 0 Å². The van der Waals surface area contributed by atoms with Crippen molar-refractivity contribution in [2.75, 3.05) is 0 Å². The molecule has 0 spiro atoms. The van der Waals surface area contributed by atoms with Gasteiger partial charge in [0.15, 0.2) is 0 Å². The third-order valence-corrected chi connectivity index (χ3v) is 16.2. The number of nitrogens with zero attached hydrogens (tertiary/aromatic N) is 4. The van der Waals surface area contributed by atoms with Gasteiger partial charge in [0.1, 0.15) is 0 Å². The molecule has 322 valence electrons. The van der Waals surface area contributed by atoms with Gasteiger partial charge in [-0.3, -0.25) is 4.57 Å². The zero-order chi connectivity index (χ0) is 45.1. The van der Waals surface area contributed by atoms with Crippen molar-refractivity contribution in [2.24, 2.45) is 0 Å². The van der Waals surface area contributed by atoms with E-state index in [0.29, 0.717) is 5.95 Å². The lowest BCUT2D eigenvalue weighted by atomic mass is 9.63. The van der Waals surface area contributed by atoms with Gasteiger partial charge in [0.25, 0.3) is 0 Å². The fourth-order valence-electron chi connectivity index (χ4n) is 12.5. The molecule has 0 radical (unpaired) electrons. The molecular weight excluding hydrogens is 813 g/mol. The Morgan fingerprint density at radius 2 is 1.00 bits per heavy atom. The van der Waals surface area contributed by atoms with Crippen LogP contribution in [0.3, 0.4) is 0 Å². The smallest absolute Gasteiger partial charge is 0.235 e. The first-order valence-electron chi connectivity index (χ1n) is 24.0. The van der Waals surface area contributed by atoms with Gasteiger partial charge in [-0.25, -0.2) is 9.97 Å². The van der Waals surface area contributed by atoms with E-state index < -0.39 is 0 Å². The summed E-state index contributed by atoms with van der Waals surface area (Å²) in [5.41, 5.74) is 17.0. The summed E-state index contributed by atoms with van der Waals surface area (Å²) in [7, 11) is 0. The zero-order valence-corrected chi connectivity index (χ0v) is 38.9. The fourth-order valence-corrected chi connectivity index (χ4v) is 12.5. The van der Waals surface area contributed by atoms with Gasteiger partial charge in [-0.15, -0.1) is 0 Å². The third kappa shape index (κ3) is 5.24. The quantitative estimate of drug-likeness (QED) is 0.166. The van der Waals surface area contributed by atoms with Crippen LogP contribution in [0.5, 0.6) is 0 Å². The molecule has 2 aliphatic rings. The molecule has 67 heavy (non-hydrogen) atoms. The van der Waals surface area contributed by atoms with E-state index in [1.54, 1.807) is 0 Å². The highest BCUT2D eigenvalue weighted by atomic mass is 15.2. The first kappa shape index (κ1) is 38.7. The highest BCUT2D eigenvalue weighted by molar-refractivity contribution is 6.33. The Balaban J connectivity index is 1.14. The summed E-state index contributed by atoms with van der Waals surface area (Å²) in [6, 6.07) is 63.2. The van der Waals surface area contributed by atoms with Crippen LogP contribution in [0.2, 0.25) is 0 Å². The minimum Gasteiger partial charge on any atom is -0.309 e. The lowest BCUT2D eigenvalue weighted by Gasteiger charge is -2.42. The van der Waals surface area contributed by atoms with Crippen molar-refractivity contribution in [1.82, 2.24) is 19.1 Å². The summed E-state index contributed by atoms with van der Waals surface area (Å²) in [6.07, 6.45) is 2.31. The third-order valence-electron chi connectivity index (χ3n) is 16.2. The normalized spacial score (nSPS) is 15.9. The van der Waals surface area contributed by atoms with Crippen molar-refractivity contribution in [3.63, 3.8) is 0 Å². The van der Waals surface area contributed by atoms with Crippen molar-refractivity contribution in [1.29, 1.82) is 0 Å². The van der Waals surface area contributed by atoms with Gasteiger partial charge in [-0.05, 0) is 128 Å². The molecule has 3 aromatic heterocycles. The monoisotopic (exact) mass is 862 g/mol. The average molecular weight is 863 g/mol. The maximum Gasteiger partial charge on any atom is 0.235 e. The Kier molecular flexibility index (Phi) is 7.67. The van der Waals surface area contributed by atoms with Crippen molar-refractivity contribution in [2.45, 2.75) is 70.6 Å². The summed E-state index contributed by atoms with van der Waals surface area (Å²) in [6.45, 7) is 14.4. The minimum absolute atomic E-state index is 0.0440. The summed E-state index contributed by atoms with van der Waals surface area (Å²) >= 11 is 0. The Labute approximate surface area is 390 Å². The number of para-hydroxylation sites is 1. The van der Waals surface area contributed by atoms with E-state index in [4.69, 9.17) is 9.97 Å². The molecular formula is C63H50N4. The molecule has 2 aliphatic carbocycles. The van der Waals surface area contributed by atoms with E-state index in [2.05, 4.69) is 221 Å². The number of benzene rings is 9. The summed E-state index contributed by atoms with van der Waals surface area (Å²) in [5.74, 6) is 0.668. The van der Waals surface area contributed by atoms with Gasteiger partial charge in [0, 0.05) is 49.0 Å². The minimum atomic E-state index is -0.0917. The van der Waals surface area contributed by atoms with Crippen LogP contribution in [-0.4, -0.2) is 19.1 Å². The Morgan fingerprint density at radius 3 is 1.79 bits per heavy atom. The first-order chi connectivity index (χ1) is 32.5. The predicted octanol–water partition coefficient (Wildman–Crippen LogP) is 16.5. The van der Waals surface area contributed by atoms with E-state index in [1.165, 1.54) is 76.7 Å². The number of hydrogen-bond donors (Lipinski definition) is 0. The van der Waals surface area contributed by atoms with Crippen LogP contribution in [0.15, 0.2) is 170 Å². The van der Waals surface area contributed by atoms with Crippen molar-refractivity contribution in [3.8, 4) is 34.0 Å². The molecule has 0 bridgehead atoms. The number of aromatic nitrogens is 4. The Morgan fingerprint density at radius 1 is 0.403 bits per heavy atom. The lowest BCUT2D eigenvalue weighted by Crippen LogP contribution is -2.33. The Hall–Kier alpha value is -7.56. The molecule has 4 heteroatoms. The SMILES string of the molecule is CC1(C)CCC(C)(C)c2cc3c(cc21)c1c2c4c5ccccc5ccc4n(-c4nc(-c5ccc6c(c5)-c5ccccc5C6(C)C)c5ccc6ccccc6c5n4)c2ccc1n3-c1ccccc1. The second-order valence-corrected chi connectivity index (χ2v) is 21.2. The van der Waals surface area contributed by atoms with E-state index in [1.807, 2.05) is 0 Å². The van der Waals surface area contributed by atoms with Crippen molar-refractivity contribution >= 4 is 76.1 Å². The van der Waals surface area contributed by atoms with Gasteiger partial charge in [0.2, 0.25) is 5.95 Å². The standard InChI is InChI=1S/C63H50N4/c1-61(2)32-33-62(3,4)50-36-54-46(35-49(50)61)56-51(66(54)40-18-8-7-9-19-40)30-31-53-57(56)55-41-20-12-10-16-37(41)26-29-52(55)67(53)60-64-58(44-27-24-38-17-11-13-21-42(38)59(44)65-60)39-25-28-48-45(34-39)43-22-14-15-23-47(43)63(48,5)6/h7-31,34-36H,32-33H2,1-6H3. The molecule has 0 atom stereocenters. The first-order valence-corrected chi connectivity index (χ1v) is 24.0. The molecule has 4 nitrogen and oxygen atoms in total. The second kappa shape index (κ2) is 13.3. The molecule has 3 heterocycles. The van der Waals surface area contributed by atoms with Crippen molar-refractivity contribution < 1.29 is 0 Å². The molecule has 0 unspecified atom stereocenters. The molecule has 14 rings (SSSR count). The van der Waals surface area contributed by atoms with E-state index >= 15 is 0 Å². The van der Waals surface area contributed by atoms with Gasteiger partial charge in [-0.1, -0.05) is 157 Å². The highest BCUT2D eigenvalue weighted by Crippen LogP contribution is 2.52. The molecule has 0 N–H and O–H groups in total. The van der Waals surface area contributed by atoms with Crippen molar-refractivity contribution in [3.05, 3.63) is 192 Å². The summed E-state index contributed by atoms with van der Waals surface area (Å²) in [4.78, 5) is 11.4. The molecule has 9 aromatic carbocycles. The maximum atomic E-state index is 5.75. The predicted molar refractivity (Wildman–Crippen MR) is 282 cm³/mol. The van der Waals surface area contributed by atoms with Crippen LogP contribution in [-0.2, 0) is 16.2 Å². The topological polar surface area (TPSA) is 35.6 Å².